The first-order valence-corrected chi connectivity index (χ1v) is 10.8. The fourth-order valence-corrected chi connectivity index (χ4v) is 3.30. The van der Waals surface area contributed by atoms with Gasteiger partial charge >= 0.3 is 12.1 Å². The summed E-state index contributed by atoms with van der Waals surface area (Å²) in [7, 11) is 3.71. The van der Waals surface area contributed by atoms with E-state index in [0.29, 0.717) is 28.4 Å². The molecule has 174 valence electrons. The van der Waals surface area contributed by atoms with Crippen molar-refractivity contribution in [2.75, 3.05) is 19.0 Å². The van der Waals surface area contributed by atoms with Crippen LogP contribution in [0.25, 0.3) is 11.2 Å². The van der Waals surface area contributed by atoms with E-state index in [0.717, 1.165) is 0 Å². The second kappa shape index (κ2) is 9.30. The standard InChI is InChI=1S/C25H27N7O2/c1-25(2,3)31-17-26-20-21(27-16-30(4)5)28-23(29-22(20)31)34-24(33)32(18-12-8-6-9-13-18)19-14-10-7-11-15-19/h6-17H,1-5H3/b27-16-. The molecule has 34 heavy (non-hydrogen) atoms. The smallest absolute Gasteiger partial charge is 0.373 e. The molecule has 0 unspecified atom stereocenters. The zero-order chi connectivity index (χ0) is 24.3. The van der Waals surface area contributed by atoms with Crippen molar-refractivity contribution < 1.29 is 9.53 Å². The Balaban J connectivity index is 1.78. The molecule has 0 saturated heterocycles. The maximum absolute atomic E-state index is 13.4. The summed E-state index contributed by atoms with van der Waals surface area (Å²) in [6, 6.07) is 18.4. The molecular weight excluding hydrogens is 430 g/mol. The normalized spacial score (nSPS) is 11.7. The molecule has 1 amide bonds. The van der Waals surface area contributed by atoms with Crippen molar-refractivity contribution >= 4 is 40.8 Å². The van der Waals surface area contributed by atoms with Gasteiger partial charge in [-0.25, -0.2) is 19.7 Å². The Labute approximate surface area is 198 Å². The Morgan fingerprint density at radius 3 is 2.09 bits per heavy atom. The molecular formula is C25H27N7O2. The molecule has 0 saturated carbocycles. The zero-order valence-corrected chi connectivity index (χ0v) is 19.9. The Hall–Kier alpha value is -4.27. The van der Waals surface area contributed by atoms with Crippen molar-refractivity contribution in [3.8, 4) is 6.01 Å². The molecule has 0 fully saturated rings. The molecule has 0 spiro atoms. The molecule has 0 N–H and O–H groups in total. The number of para-hydroxylation sites is 2. The predicted octanol–water partition coefficient (Wildman–Crippen LogP) is 5.14. The average Bonchev–Trinajstić information content (AvgIpc) is 3.24. The van der Waals surface area contributed by atoms with Crippen LogP contribution in [0.2, 0.25) is 0 Å². The van der Waals surface area contributed by atoms with Gasteiger partial charge in [-0.1, -0.05) is 36.4 Å². The summed E-state index contributed by atoms with van der Waals surface area (Å²) >= 11 is 0. The van der Waals surface area contributed by atoms with E-state index in [2.05, 4.69) is 19.9 Å². The summed E-state index contributed by atoms with van der Waals surface area (Å²) in [6.07, 6.45) is 2.67. The van der Waals surface area contributed by atoms with E-state index in [4.69, 9.17) is 4.74 Å². The van der Waals surface area contributed by atoms with E-state index in [9.17, 15) is 4.79 Å². The minimum absolute atomic E-state index is 0.105. The van der Waals surface area contributed by atoms with Crippen LogP contribution in [-0.2, 0) is 5.54 Å². The number of aliphatic imine (C=N–C) groups is 1. The lowest BCUT2D eigenvalue weighted by atomic mass is 10.1. The highest BCUT2D eigenvalue weighted by Crippen LogP contribution is 2.30. The van der Waals surface area contributed by atoms with Gasteiger partial charge in [0.25, 0.3) is 0 Å². The van der Waals surface area contributed by atoms with Gasteiger partial charge in [-0.05, 0) is 45.0 Å². The number of fused-ring (bicyclic) bond motifs is 1. The summed E-state index contributed by atoms with van der Waals surface area (Å²) in [4.78, 5) is 34.5. The lowest BCUT2D eigenvalue weighted by Crippen LogP contribution is -2.29. The van der Waals surface area contributed by atoms with Crippen LogP contribution >= 0.6 is 0 Å². The highest BCUT2D eigenvalue weighted by Gasteiger charge is 2.25. The second-order valence-corrected chi connectivity index (χ2v) is 8.87. The van der Waals surface area contributed by atoms with Crippen LogP contribution < -0.4 is 9.64 Å². The molecule has 0 radical (unpaired) electrons. The Kier molecular flexibility index (Phi) is 6.27. The zero-order valence-electron chi connectivity index (χ0n) is 19.9. The molecule has 0 aliphatic heterocycles. The van der Waals surface area contributed by atoms with E-state index < -0.39 is 6.09 Å². The van der Waals surface area contributed by atoms with Gasteiger partial charge in [-0.2, -0.15) is 9.97 Å². The molecule has 9 nitrogen and oxygen atoms in total. The molecule has 0 atom stereocenters. The van der Waals surface area contributed by atoms with Gasteiger partial charge in [0.2, 0.25) is 0 Å². The second-order valence-electron chi connectivity index (χ2n) is 8.87. The molecule has 2 aromatic carbocycles. The topological polar surface area (TPSA) is 88.7 Å². The largest absolute Gasteiger partial charge is 0.426 e. The first-order chi connectivity index (χ1) is 16.2. The Bertz CT molecular complexity index is 1270. The fraction of sp³-hybridized carbons (Fsp3) is 0.240. The first kappa shape index (κ1) is 22.9. The van der Waals surface area contributed by atoms with E-state index in [1.807, 2.05) is 100 Å². The van der Waals surface area contributed by atoms with E-state index in [-0.39, 0.29) is 11.5 Å². The van der Waals surface area contributed by atoms with Crippen LogP contribution in [0.15, 0.2) is 72.0 Å². The average molecular weight is 458 g/mol. The Morgan fingerprint density at radius 2 is 1.56 bits per heavy atom. The van der Waals surface area contributed by atoms with Crippen molar-refractivity contribution in [2.24, 2.45) is 4.99 Å². The maximum Gasteiger partial charge on any atom is 0.426 e. The van der Waals surface area contributed by atoms with Crippen LogP contribution in [0.5, 0.6) is 6.01 Å². The number of nitrogens with zero attached hydrogens (tertiary/aromatic N) is 7. The summed E-state index contributed by atoms with van der Waals surface area (Å²) in [5.74, 6) is 0.315. The lowest BCUT2D eigenvalue weighted by molar-refractivity contribution is 0.206. The van der Waals surface area contributed by atoms with Gasteiger partial charge in [0.1, 0.15) is 0 Å². The molecule has 0 aliphatic rings. The number of carbonyl (C=O) groups excluding carboxylic acids is 1. The molecule has 2 heterocycles. The van der Waals surface area contributed by atoms with E-state index >= 15 is 0 Å². The van der Waals surface area contributed by atoms with E-state index in [1.165, 1.54) is 4.90 Å². The van der Waals surface area contributed by atoms with Gasteiger partial charge in [0, 0.05) is 19.6 Å². The van der Waals surface area contributed by atoms with Crippen molar-refractivity contribution in [1.82, 2.24) is 24.4 Å². The van der Waals surface area contributed by atoms with Crippen LogP contribution in [0.1, 0.15) is 20.8 Å². The van der Waals surface area contributed by atoms with Gasteiger partial charge < -0.3 is 14.2 Å². The number of aromatic nitrogens is 4. The van der Waals surface area contributed by atoms with Crippen molar-refractivity contribution in [2.45, 2.75) is 26.3 Å². The third-order valence-corrected chi connectivity index (χ3v) is 4.88. The van der Waals surface area contributed by atoms with Crippen LogP contribution in [0, 0.1) is 0 Å². The lowest BCUT2D eigenvalue weighted by Gasteiger charge is -2.22. The number of anilines is 2. The highest BCUT2D eigenvalue weighted by molar-refractivity contribution is 5.97. The van der Waals surface area contributed by atoms with Crippen molar-refractivity contribution in [1.29, 1.82) is 0 Å². The number of ether oxygens (including phenoxy) is 1. The maximum atomic E-state index is 13.4. The summed E-state index contributed by atoms with van der Waals surface area (Å²) in [5, 5.41) is 0. The third-order valence-electron chi connectivity index (χ3n) is 4.88. The first-order valence-electron chi connectivity index (χ1n) is 10.8. The number of amides is 1. The van der Waals surface area contributed by atoms with Crippen LogP contribution in [0.4, 0.5) is 22.0 Å². The highest BCUT2D eigenvalue weighted by atomic mass is 16.6. The predicted molar refractivity (Wildman–Crippen MR) is 133 cm³/mol. The molecule has 2 aromatic heterocycles. The van der Waals surface area contributed by atoms with Crippen molar-refractivity contribution in [3.05, 3.63) is 67.0 Å². The van der Waals surface area contributed by atoms with Crippen LogP contribution in [0.3, 0.4) is 0 Å². The van der Waals surface area contributed by atoms with Crippen molar-refractivity contribution in [3.63, 3.8) is 0 Å². The number of hydrogen-bond donors (Lipinski definition) is 0. The fourth-order valence-electron chi connectivity index (χ4n) is 3.30. The number of carbonyl (C=O) groups is 1. The third kappa shape index (κ3) is 4.88. The Morgan fingerprint density at radius 1 is 0.971 bits per heavy atom. The minimum atomic E-state index is -0.638. The number of hydrogen-bond acceptors (Lipinski definition) is 6. The summed E-state index contributed by atoms with van der Waals surface area (Å²) in [5.41, 5.74) is 2.07. The molecule has 0 aliphatic carbocycles. The SMILES string of the molecule is CN(C)/C=N\c1nc(OC(=O)N(c2ccccc2)c2ccccc2)nc2c1ncn2C(C)(C)C. The summed E-state index contributed by atoms with van der Waals surface area (Å²) in [6.45, 7) is 6.12. The number of imidazole rings is 1. The molecule has 9 heteroatoms. The summed E-state index contributed by atoms with van der Waals surface area (Å²) < 4.78 is 7.62. The van der Waals surface area contributed by atoms with Gasteiger partial charge in [0.05, 0.1) is 24.0 Å². The minimum Gasteiger partial charge on any atom is -0.373 e. The van der Waals surface area contributed by atoms with E-state index in [1.54, 1.807) is 17.6 Å². The van der Waals surface area contributed by atoms with Gasteiger partial charge in [0.15, 0.2) is 17.0 Å². The molecule has 4 rings (SSSR count). The molecule has 0 bridgehead atoms. The monoisotopic (exact) mass is 457 g/mol. The quantitative estimate of drug-likeness (QED) is 0.305. The number of benzene rings is 2. The van der Waals surface area contributed by atoms with Gasteiger partial charge in [-0.15, -0.1) is 0 Å². The number of rotatable bonds is 5. The van der Waals surface area contributed by atoms with Crippen LogP contribution in [-0.4, -0.2) is 50.9 Å². The van der Waals surface area contributed by atoms with Gasteiger partial charge in [-0.3, -0.25) is 0 Å². The molecule has 4 aromatic rings.